The van der Waals surface area contributed by atoms with E-state index in [0.717, 1.165) is 5.56 Å². The third-order valence-corrected chi connectivity index (χ3v) is 3.03. The SMILES string of the molecule is COC(=O)[C@@H](N)Cc1ccc(OC)c(Cl)c1.F[P-](F)(F)(F)(F)F.[CH]1[CH][CH][CH][CH]1.[Ru+2]. The number of methoxy groups -OCH3 is 2. The van der Waals surface area contributed by atoms with Gasteiger partial charge in [-0.3, -0.25) is 4.79 Å². The Hall–Kier alpha value is -0.627. The number of hydrogen-bond acceptors (Lipinski definition) is 4. The summed E-state index contributed by atoms with van der Waals surface area (Å²) in [4.78, 5) is 11.1. The van der Waals surface area contributed by atoms with Crippen molar-refractivity contribution in [2.75, 3.05) is 14.2 Å². The molecule has 29 heavy (non-hydrogen) atoms. The van der Waals surface area contributed by atoms with Crippen molar-refractivity contribution in [1.82, 2.24) is 0 Å². The second-order valence-electron chi connectivity index (χ2n) is 5.22. The van der Waals surface area contributed by atoms with E-state index in [0.29, 0.717) is 17.2 Å². The number of carbonyl (C=O) groups excluding carboxylic acids is 1. The van der Waals surface area contributed by atoms with Crippen LogP contribution in [-0.4, -0.2) is 26.2 Å². The number of carbonyl (C=O) groups is 1. The van der Waals surface area contributed by atoms with E-state index >= 15 is 0 Å². The van der Waals surface area contributed by atoms with Crippen LogP contribution in [0.4, 0.5) is 25.2 Å². The molecule has 1 aromatic carbocycles. The fourth-order valence-electron chi connectivity index (χ4n) is 1.65. The van der Waals surface area contributed by atoms with Gasteiger partial charge in [0.1, 0.15) is 11.8 Å². The number of ether oxygens (including phenoxy) is 2. The Labute approximate surface area is 183 Å². The first-order valence-electron chi connectivity index (χ1n) is 7.42. The van der Waals surface area contributed by atoms with E-state index in [4.69, 9.17) is 22.1 Å². The zero-order chi connectivity index (χ0) is 22.1. The van der Waals surface area contributed by atoms with Gasteiger partial charge >= 0.3 is 58.4 Å². The van der Waals surface area contributed by atoms with Crippen molar-refractivity contribution in [2.45, 2.75) is 12.5 Å². The molecule has 0 unspecified atom stereocenters. The van der Waals surface area contributed by atoms with Crippen LogP contribution in [0.2, 0.25) is 5.02 Å². The summed E-state index contributed by atoms with van der Waals surface area (Å²) in [5.41, 5.74) is 6.50. The summed E-state index contributed by atoms with van der Waals surface area (Å²) in [5, 5.41) is 0.497. The molecular weight excluding hydrogens is 536 g/mol. The summed E-state index contributed by atoms with van der Waals surface area (Å²) in [5.74, 6) is 0.156. The molecule has 0 heterocycles. The molecule has 0 bridgehead atoms. The van der Waals surface area contributed by atoms with Crippen molar-refractivity contribution in [3.8, 4) is 5.75 Å². The Morgan fingerprint density at radius 2 is 1.45 bits per heavy atom. The van der Waals surface area contributed by atoms with E-state index < -0.39 is 19.8 Å². The smallest absolute Gasteiger partial charge is 0.0312 e. The Morgan fingerprint density at radius 1 is 1.03 bits per heavy atom. The monoisotopic (exact) mass is 555 g/mol. The first-order valence-corrected chi connectivity index (χ1v) is 9.83. The van der Waals surface area contributed by atoms with Gasteiger partial charge < -0.3 is 15.2 Å². The molecule has 1 aliphatic carbocycles. The van der Waals surface area contributed by atoms with Crippen LogP contribution in [0.25, 0.3) is 0 Å². The third kappa shape index (κ3) is 20.4. The van der Waals surface area contributed by atoms with Crippen LogP contribution >= 0.6 is 19.4 Å². The van der Waals surface area contributed by atoms with Gasteiger partial charge in [-0.15, -0.1) is 0 Å². The maximum atomic E-state index is 11.1. The van der Waals surface area contributed by atoms with Gasteiger partial charge in [0, 0.05) is 0 Å². The molecule has 0 spiro atoms. The molecule has 2 N–H and O–H groups in total. The molecule has 0 amide bonds. The van der Waals surface area contributed by atoms with Gasteiger partial charge in [0.25, 0.3) is 0 Å². The van der Waals surface area contributed by atoms with Crippen LogP contribution in [0, 0.1) is 32.1 Å². The van der Waals surface area contributed by atoms with E-state index in [-0.39, 0.29) is 19.5 Å². The topological polar surface area (TPSA) is 61.5 Å². The summed E-state index contributed by atoms with van der Waals surface area (Å²) in [6.07, 6.45) is 10.4. The molecule has 13 heteroatoms. The van der Waals surface area contributed by atoms with E-state index in [2.05, 4.69) is 4.74 Å². The first-order chi connectivity index (χ1) is 12.5. The van der Waals surface area contributed by atoms with Crippen LogP contribution in [0.5, 0.6) is 5.75 Å². The van der Waals surface area contributed by atoms with Gasteiger partial charge in [-0.25, -0.2) is 0 Å². The standard InChI is InChI=1S/C11H14ClNO3.C5H5.F6P.Ru/c1-15-10-4-3-7(5-8(10)12)6-9(13)11(14)16-2;1-2-4-5-3-1;1-7(2,3,4,5)6;/h3-5,9H,6,13H2,1-2H3;1-5H;;/q;;-1;+2/t9-;;;/m0.../s1. The second-order valence-corrected chi connectivity index (χ2v) is 7.55. The van der Waals surface area contributed by atoms with Crippen molar-refractivity contribution in [3.05, 3.63) is 60.9 Å². The maximum absolute atomic E-state index is 11.1. The molecule has 2 rings (SSSR count). The zero-order valence-corrected chi connectivity index (χ0v) is 18.5. The molecule has 1 saturated carbocycles. The first kappa shape index (κ1) is 30.6. The fourth-order valence-corrected chi connectivity index (χ4v) is 1.93. The molecule has 1 aromatic rings. The molecule has 0 aromatic heterocycles. The second kappa shape index (κ2) is 11.7. The van der Waals surface area contributed by atoms with Crippen LogP contribution in [0.1, 0.15) is 5.56 Å². The molecule has 167 valence electrons. The number of hydrogen-bond donors (Lipinski definition) is 1. The van der Waals surface area contributed by atoms with Crippen molar-refractivity contribution >= 4 is 25.4 Å². The van der Waals surface area contributed by atoms with Crippen molar-refractivity contribution in [3.63, 3.8) is 0 Å². The minimum atomic E-state index is -10.7. The summed E-state index contributed by atoms with van der Waals surface area (Å²) < 4.78 is 68.8. The number of esters is 1. The average Bonchev–Trinajstić information content (AvgIpc) is 3.11. The van der Waals surface area contributed by atoms with E-state index in [1.54, 1.807) is 19.2 Å². The van der Waals surface area contributed by atoms with Gasteiger partial charge in [-0.1, -0.05) is 17.7 Å². The predicted molar refractivity (Wildman–Crippen MR) is 96.8 cm³/mol. The van der Waals surface area contributed by atoms with E-state index in [1.165, 1.54) is 7.11 Å². The minimum Gasteiger partial charge on any atom is -0.0312 e. The Bertz CT molecular complexity index is 626. The van der Waals surface area contributed by atoms with Crippen LogP contribution in [0.3, 0.4) is 0 Å². The van der Waals surface area contributed by atoms with Gasteiger partial charge in [0.15, 0.2) is 0 Å². The van der Waals surface area contributed by atoms with Crippen molar-refractivity contribution in [2.24, 2.45) is 5.73 Å². The predicted octanol–water partition coefficient (Wildman–Crippen LogP) is 5.79. The van der Waals surface area contributed by atoms with Gasteiger partial charge in [0.2, 0.25) is 0 Å². The zero-order valence-electron chi connectivity index (χ0n) is 15.2. The molecule has 5 radical (unpaired) electrons. The average molecular weight is 555 g/mol. The van der Waals surface area contributed by atoms with E-state index in [1.807, 2.05) is 38.2 Å². The quantitative estimate of drug-likeness (QED) is 0.221. The Morgan fingerprint density at radius 3 is 1.76 bits per heavy atom. The summed E-state index contributed by atoms with van der Waals surface area (Å²) in [6.45, 7) is 0. The van der Waals surface area contributed by atoms with Crippen molar-refractivity contribution < 1.29 is 58.9 Å². The molecule has 1 aliphatic rings. The molecule has 1 atom stereocenters. The van der Waals surface area contributed by atoms with Crippen LogP contribution in [-0.2, 0) is 35.4 Å². The summed E-state index contributed by atoms with van der Waals surface area (Å²) in [6, 6.07) is 4.60. The largest absolute Gasteiger partial charge is 2.00 e. The summed E-state index contributed by atoms with van der Waals surface area (Å²) in [7, 11) is -7.81. The number of benzene rings is 1. The third-order valence-electron chi connectivity index (χ3n) is 2.73. The molecule has 0 saturated heterocycles. The molecule has 1 fully saturated rings. The molecular formula is C16H19ClF6NO3PRu+. The summed E-state index contributed by atoms with van der Waals surface area (Å²) >= 11 is 5.94. The van der Waals surface area contributed by atoms with Crippen LogP contribution in [0.15, 0.2) is 18.2 Å². The minimum absolute atomic E-state index is 0. The van der Waals surface area contributed by atoms with Gasteiger partial charge in [-0.05, 0) is 56.2 Å². The number of rotatable bonds is 4. The normalized spacial score (nSPS) is 16.3. The van der Waals surface area contributed by atoms with Gasteiger partial charge in [0.05, 0.1) is 19.2 Å². The molecule has 4 nitrogen and oxygen atoms in total. The number of nitrogens with two attached hydrogens (primary N) is 1. The van der Waals surface area contributed by atoms with Crippen molar-refractivity contribution in [1.29, 1.82) is 0 Å². The Kier molecular flexibility index (Phi) is 12.3. The van der Waals surface area contributed by atoms with Crippen LogP contribution < -0.4 is 10.5 Å². The fraction of sp³-hybridized carbons (Fsp3) is 0.250. The van der Waals surface area contributed by atoms with E-state index in [9.17, 15) is 30.0 Å². The number of halogens is 7. The maximum Gasteiger partial charge on any atom is 2.00 e. The molecule has 0 aliphatic heterocycles. The van der Waals surface area contributed by atoms with Gasteiger partial charge in [-0.2, -0.15) is 0 Å². The Balaban J connectivity index is 0.